The number of nitrogens with one attached hydrogen (secondary N) is 1. The minimum absolute atomic E-state index is 0.104. The molecule has 2 nitrogen and oxygen atoms in total. The van der Waals surface area contributed by atoms with Crippen LogP contribution in [0, 0.1) is 0 Å². The van der Waals surface area contributed by atoms with Crippen LogP contribution in [0.5, 0.6) is 0 Å². The van der Waals surface area contributed by atoms with Gasteiger partial charge in [-0.3, -0.25) is 0 Å². The number of rotatable bonds is 4. The second-order valence-electron chi connectivity index (χ2n) is 4.58. The highest BCUT2D eigenvalue weighted by atomic mass is 16.3. The zero-order chi connectivity index (χ0) is 11.4. The van der Waals surface area contributed by atoms with Crippen LogP contribution in [0.3, 0.4) is 0 Å². The van der Waals surface area contributed by atoms with Crippen molar-refractivity contribution in [3.05, 3.63) is 29.3 Å². The number of hydrogen-bond donors (Lipinski definition) is 2. The molecule has 2 heteroatoms. The van der Waals surface area contributed by atoms with E-state index in [0.717, 1.165) is 11.3 Å². The summed E-state index contributed by atoms with van der Waals surface area (Å²) in [5.74, 6) is 0.490. The van der Waals surface area contributed by atoms with E-state index in [1.54, 1.807) is 0 Å². The van der Waals surface area contributed by atoms with Crippen molar-refractivity contribution in [1.29, 1.82) is 0 Å². The van der Waals surface area contributed by atoms with Crippen molar-refractivity contribution in [2.24, 2.45) is 0 Å². The predicted molar refractivity (Wildman–Crippen MR) is 65.2 cm³/mol. The third-order valence-corrected chi connectivity index (χ3v) is 2.32. The molecule has 15 heavy (non-hydrogen) atoms. The Morgan fingerprint density at radius 2 is 1.80 bits per heavy atom. The van der Waals surface area contributed by atoms with E-state index >= 15 is 0 Å². The second kappa shape index (κ2) is 5.17. The van der Waals surface area contributed by atoms with Gasteiger partial charge in [-0.1, -0.05) is 19.9 Å². The molecular weight excluding hydrogens is 186 g/mol. The average molecular weight is 207 g/mol. The molecule has 1 aromatic rings. The van der Waals surface area contributed by atoms with E-state index in [1.165, 1.54) is 5.56 Å². The fraction of sp³-hybridized carbons (Fsp3) is 0.538. The fourth-order valence-corrected chi connectivity index (χ4v) is 1.56. The van der Waals surface area contributed by atoms with Gasteiger partial charge in [-0.15, -0.1) is 0 Å². The number of anilines is 1. The molecule has 1 rings (SSSR count). The summed E-state index contributed by atoms with van der Waals surface area (Å²) in [6.45, 7) is 8.65. The molecule has 0 spiro atoms. The van der Waals surface area contributed by atoms with Crippen LogP contribution >= 0.6 is 0 Å². The molecule has 1 aromatic carbocycles. The Labute approximate surface area is 92.3 Å². The second-order valence-corrected chi connectivity index (χ2v) is 4.58. The summed E-state index contributed by atoms with van der Waals surface area (Å²) in [6.07, 6.45) is 0. The highest BCUT2D eigenvalue weighted by Gasteiger charge is 2.04. The van der Waals surface area contributed by atoms with E-state index in [4.69, 9.17) is 0 Å². The molecule has 0 aliphatic carbocycles. The first-order valence-corrected chi connectivity index (χ1v) is 5.54. The third-order valence-electron chi connectivity index (χ3n) is 2.32. The van der Waals surface area contributed by atoms with Gasteiger partial charge in [0, 0.05) is 11.7 Å². The van der Waals surface area contributed by atoms with Crippen molar-refractivity contribution in [1.82, 2.24) is 0 Å². The van der Waals surface area contributed by atoms with Crippen LogP contribution in [0.25, 0.3) is 0 Å². The van der Waals surface area contributed by atoms with Gasteiger partial charge >= 0.3 is 0 Å². The van der Waals surface area contributed by atoms with E-state index in [9.17, 15) is 5.11 Å². The molecule has 0 aromatic heterocycles. The van der Waals surface area contributed by atoms with E-state index < -0.39 is 0 Å². The highest BCUT2D eigenvalue weighted by Crippen LogP contribution is 2.22. The fourth-order valence-electron chi connectivity index (χ4n) is 1.56. The summed E-state index contributed by atoms with van der Waals surface area (Å²) in [5, 5.41) is 12.5. The Kier molecular flexibility index (Phi) is 4.15. The normalized spacial score (nSPS) is 11.1. The van der Waals surface area contributed by atoms with Crippen LogP contribution in [-0.4, -0.2) is 11.1 Å². The maximum atomic E-state index is 9.17. The first kappa shape index (κ1) is 12.1. The Balaban J connectivity index is 3.00. The van der Waals surface area contributed by atoms with E-state index in [2.05, 4.69) is 45.1 Å². The molecular formula is C13H21NO. The van der Waals surface area contributed by atoms with Gasteiger partial charge in [0.25, 0.3) is 0 Å². The number of hydrogen-bond acceptors (Lipinski definition) is 2. The van der Waals surface area contributed by atoms with Gasteiger partial charge < -0.3 is 10.4 Å². The Morgan fingerprint density at radius 1 is 1.13 bits per heavy atom. The van der Waals surface area contributed by atoms with E-state index in [0.29, 0.717) is 12.0 Å². The zero-order valence-electron chi connectivity index (χ0n) is 10.0. The summed E-state index contributed by atoms with van der Waals surface area (Å²) >= 11 is 0. The van der Waals surface area contributed by atoms with Crippen LogP contribution in [0.2, 0.25) is 0 Å². The zero-order valence-corrected chi connectivity index (χ0v) is 10.0. The Hall–Kier alpha value is -1.02. The lowest BCUT2D eigenvalue weighted by Gasteiger charge is -2.14. The SMILES string of the molecule is CC(C)Nc1cc(CO)cc(C(C)C)c1. The summed E-state index contributed by atoms with van der Waals surface area (Å²) in [5.41, 5.74) is 3.34. The standard InChI is InChI=1S/C13H21NO/c1-9(2)12-5-11(8-15)6-13(7-12)14-10(3)4/h5-7,9-10,14-15H,8H2,1-4H3. The van der Waals surface area contributed by atoms with Gasteiger partial charge in [0.1, 0.15) is 0 Å². The maximum Gasteiger partial charge on any atom is 0.0682 e. The first-order chi connectivity index (χ1) is 7.02. The molecule has 0 heterocycles. The Morgan fingerprint density at radius 3 is 2.27 bits per heavy atom. The van der Waals surface area contributed by atoms with Crippen LogP contribution in [-0.2, 0) is 6.61 Å². The molecule has 0 amide bonds. The van der Waals surface area contributed by atoms with Crippen molar-refractivity contribution in [3.63, 3.8) is 0 Å². The first-order valence-electron chi connectivity index (χ1n) is 5.54. The lowest BCUT2D eigenvalue weighted by molar-refractivity contribution is 0.281. The Bertz CT molecular complexity index is 318. The minimum atomic E-state index is 0.104. The molecule has 0 saturated heterocycles. The molecule has 0 atom stereocenters. The largest absolute Gasteiger partial charge is 0.392 e. The lowest BCUT2D eigenvalue weighted by atomic mass is 10.00. The quantitative estimate of drug-likeness (QED) is 0.795. The molecule has 0 aliphatic heterocycles. The molecule has 0 fully saturated rings. The number of aliphatic hydroxyl groups excluding tert-OH is 1. The highest BCUT2D eigenvalue weighted by molar-refractivity contribution is 5.50. The summed E-state index contributed by atoms with van der Waals surface area (Å²) in [7, 11) is 0. The van der Waals surface area contributed by atoms with E-state index in [-0.39, 0.29) is 6.61 Å². The summed E-state index contributed by atoms with van der Waals surface area (Å²) in [6, 6.07) is 6.64. The molecule has 0 aliphatic rings. The van der Waals surface area contributed by atoms with Crippen molar-refractivity contribution in [2.45, 2.75) is 46.3 Å². The molecule has 0 radical (unpaired) electrons. The van der Waals surface area contributed by atoms with Crippen molar-refractivity contribution in [3.8, 4) is 0 Å². The molecule has 0 saturated carbocycles. The van der Waals surface area contributed by atoms with Gasteiger partial charge in [-0.05, 0) is 43.0 Å². The van der Waals surface area contributed by atoms with E-state index in [1.807, 2.05) is 6.07 Å². The van der Waals surface area contributed by atoms with Crippen LogP contribution in [0.4, 0.5) is 5.69 Å². The topological polar surface area (TPSA) is 32.3 Å². The van der Waals surface area contributed by atoms with Crippen molar-refractivity contribution >= 4 is 5.69 Å². The van der Waals surface area contributed by atoms with Gasteiger partial charge in [-0.25, -0.2) is 0 Å². The third kappa shape index (κ3) is 3.56. The summed E-state index contributed by atoms with van der Waals surface area (Å²) < 4.78 is 0. The van der Waals surface area contributed by atoms with Gasteiger partial charge in [0.2, 0.25) is 0 Å². The van der Waals surface area contributed by atoms with Gasteiger partial charge in [-0.2, -0.15) is 0 Å². The van der Waals surface area contributed by atoms with Crippen LogP contribution in [0.1, 0.15) is 44.7 Å². The van der Waals surface area contributed by atoms with Crippen molar-refractivity contribution in [2.75, 3.05) is 5.32 Å². The minimum Gasteiger partial charge on any atom is -0.392 e. The van der Waals surface area contributed by atoms with Crippen LogP contribution in [0.15, 0.2) is 18.2 Å². The predicted octanol–water partition coefficient (Wildman–Crippen LogP) is 3.12. The number of aliphatic hydroxyl groups is 1. The molecule has 0 unspecified atom stereocenters. The van der Waals surface area contributed by atoms with Gasteiger partial charge in [0.05, 0.1) is 6.61 Å². The molecule has 84 valence electrons. The molecule has 0 bridgehead atoms. The average Bonchev–Trinajstić information content (AvgIpc) is 2.16. The maximum absolute atomic E-state index is 9.17. The number of benzene rings is 1. The lowest BCUT2D eigenvalue weighted by Crippen LogP contribution is -2.10. The van der Waals surface area contributed by atoms with Gasteiger partial charge in [0.15, 0.2) is 0 Å². The molecule has 2 N–H and O–H groups in total. The van der Waals surface area contributed by atoms with Crippen LogP contribution < -0.4 is 5.32 Å². The monoisotopic (exact) mass is 207 g/mol. The smallest absolute Gasteiger partial charge is 0.0682 e. The van der Waals surface area contributed by atoms with Crippen molar-refractivity contribution < 1.29 is 5.11 Å². The summed E-state index contributed by atoms with van der Waals surface area (Å²) in [4.78, 5) is 0.